The Kier molecular flexibility index (Phi) is 7.06. The molecule has 2 aromatic carbocycles. The van der Waals surface area contributed by atoms with E-state index in [1.54, 1.807) is 42.6 Å². The molecule has 6 nitrogen and oxygen atoms in total. The lowest BCUT2D eigenvalue weighted by molar-refractivity contribution is -0.119. The minimum atomic E-state index is -3.96. The van der Waals surface area contributed by atoms with Gasteiger partial charge < -0.3 is 0 Å². The number of benzene rings is 2. The van der Waals surface area contributed by atoms with E-state index < -0.39 is 22.5 Å². The van der Waals surface area contributed by atoms with Crippen LogP contribution in [-0.2, 0) is 14.8 Å². The van der Waals surface area contributed by atoms with Crippen LogP contribution in [0.3, 0.4) is 0 Å². The Bertz CT molecular complexity index is 1170. The summed E-state index contributed by atoms with van der Waals surface area (Å²) in [6.45, 7) is 3.42. The number of hydrogen-bond acceptors (Lipinski definition) is 5. The van der Waals surface area contributed by atoms with Crippen molar-refractivity contribution in [3.05, 3.63) is 80.5 Å². The first kappa shape index (κ1) is 22.2. The van der Waals surface area contributed by atoms with Gasteiger partial charge >= 0.3 is 0 Å². The van der Waals surface area contributed by atoms with Crippen LogP contribution in [0, 0.1) is 13.8 Å². The average Bonchev–Trinajstić information content (AvgIpc) is 3.11. The predicted molar refractivity (Wildman–Crippen MR) is 125 cm³/mol. The molecule has 0 aliphatic carbocycles. The quantitative estimate of drug-likeness (QED) is 0.379. The maximum Gasteiger partial charge on any atom is 0.264 e. The van der Waals surface area contributed by atoms with Crippen LogP contribution in [0.25, 0.3) is 0 Å². The molecule has 0 spiro atoms. The molecule has 3 aromatic rings. The third-order valence-corrected chi connectivity index (χ3v) is 7.50. The van der Waals surface area contributed by atoms with E-state index in [-0.39, 0.29) is 4.90 Å². The van der Waals surface area contributed by atoms with E-state index in [2.05, 4.69) is 26.5 Å². The summed E-state index contributed by atoms with van der Waals surface area (Å²) in [5.41, 5.74) is 4.78. The number of carbonyl (C=O) groups excluding carboxylic acids is 1. The maximum atomic E-state index is 13.3. The standard InChI is InChI=1S/C21H20BrN3O3S2/c1-15-6-8-19(9-7-15)30(27,28)25(18-5-3-4-17(22)12-18)14-21(26)24-23-13-20-16(2)10-11-29-20/h3-13H,14H2,1-2H3,(H,24,26)/b23-13-. The number of hydrazone groups is 1. The lowest BCUT2D eigenvalue weighted by Gasteiger charge is -2.24. The number of rotatable bonds is 7. The number of carbonyl (C=O) groups is 1. The van der Waals surface area contributed by atoms with Crippen LogP contribution >= 0.6 is 27.3 Å². The first-order chi connectivity index (χ1) is 14.3. The van der Waals surface area contributed by atoms with Gasteiger partial charge in [0.25, 0.3) is 15.9 Å². The van der Waals surface area contributed by atoms with Crippen LogP contribution in [0.5, 0.6) is 0 Å². The third-order valence-electron chi connectivity index (χ3n) is 4.27. The minimum absolute atomic E-state index is 0.110. The fourth-order valence-corrected chi connectivity index (χ4v) is 5.22. The molecular formula is C21H20BrN3O3S2. The zero-order chi connectivity index (χ0) is 21.7. The van der Waals surface area contributed by atoms with Gasteiger partial charge in [0.1, 0.15) is 6.54 Å². The Morgan fingerprint density at radius 2 is 1.90 bits per heavy atom. The predicted octanol–water partition coefficient (Wildman–Crippen LogP) is 4.47. The highest BCUT2D eigenvalue weighted by molar-refractivity contribution is 9.10. The number of nitrogens with zero attached hydrogens (tertiary/aromatic N) is 2. The topological polar surface area (TPSA) is 78.8 Å². The summed E-state index contributed by atoms with van der Waals surface area (Å²) >= 11 is 4.86. The molecule has 0 aliphatic rings. The molecule has 0 unspecified atom stereocenters. The third kappa shape index (κ3) is 5.35. The smallest absolute Gasteiger partial charge is 0.264 e. The molecule has 1 heterocycles. The largest absolute Gasteiger partial charge is 0.271 e. The molecule has 1 aromatic heterocycles. The van der Waals surface area contributed by atoms with Crippen LogP contribution in [-0.4, -0.2) is 27.1 Å². The maximum absolute atomic E-state index is 13.3. The van der Waals surface area contributed by atoms with Gasteiger partial charge in [0, 0.05) is 9.35 Å². The Morgan fingerprint density at radius 3 is 2.53 bits per heavy atom. The Labute approximate surface area is 188 Å². The molecule has 1 N–H and O–H groups in total. The SMILES string of the molecule is Cc1ccc(S(=O)(=O)N(CC(=O)N/N=C\c2sccc2C)c2cccc(Br)c2)cc1. The number of amides is 1. The van der Waals surface area contributed by atoms with Crippen molar-refractivity contribution in [1.29, 1.82) is 0 Å². The van der Waals surface area contributed by atoms with E-state index >= 15 is 0 Å². The summed E-state index contributed by atoms with van der Waals surface area (Å²) in [5.74, 6) is -0.545. The van der Waals surface area contributed by atoms with Gasteiger partial charge in [-0.05, 0) is 61.2 Å². The number of sulfonamides is 1. The van der Waals surface area contributed by atoms with Gasteiger partial charge in [-0.25, -0.2) is 13.8 Å². The molecule has 1 amide bonds. The fourth-order valence-electron chi connectivity index (χ4n) is 2.63. The van der Waals surface area contributed by atoms with Crippen LogP contribution in [0.15, 0.2) is 74.4 Å². The highest BCUT2D eigenvalue weighted by Crippen LogP contribution is 2.26. The van der Waals surface area contributed by atoms with E-state index in [9.17, 15) is 13.2 Å². The number of nitrogens with one attached hydrogen (secondary N) is 1. The van der Waals surface area contributed by atoms with E-state index in [1.165, 1.54) is 23.5 Å². The van der Waals surface area contributed by atoms with Gasteiger partial charge in [-0.3, -0.25) is 9.10 Å². The second-order valence-electron chi connectivity index (χ2n) is 6.57. The first-order valence-electron chi connectivity index (χ1n) is 8.98. The van der Waals surface area contributed by atoms with Gasteiger partial charge in [0.05, 0.1) is 16.8 Å². The summed E-state index contributed by atoms with van der Waals surface area (Å²) in [4.78, 5) is 13.6. The fraction of sp³-hybridized carbons (Fsp3) is 0.143. The number of anilines is 1. The van der Waals surface area contributed by atoms with Crippen LogP contribution in [0.2, 0.25) is 0 Å². The number of aryl methyl sites for hydroxylation is 2. The molecule has 156 valence electrons. The van der Waals surface area contributed by atoms with Crippen molar-refractivity contribution >= 4 is 55.1 Å². The lowest BCUT2D eigenvalue weighted by Crippen LogP contribution is -2.39. The Balaban J connectivity index is 1.86. The molecule has 0 radical (unpaired) electrons. The van der Waals surface area contributed by atoms with Crippen molar-refractivity contribution in [3.63, 3.8) is 0 Å². The van der Waals surface area contributed by atoms with Crippen molar-refractivity contribution in [1.82, 2.24) is 5.43 Å². The molecule has 0 bridgehead atoms. The van der Waals surface area contributed by atoms with Crippen molar-refractivity contribution in [2.75, 3.05) is 10.8 Å². The second kappa shape index (κ2) is 9.55. The van der Waals surface area contributed by atoms with Crippen LogP contribution in [0.4, 0.5) is 5.69 Å². The summed E-state index contributed by atoms with van der Waals surface area (Å²) < 4.78 is 28.4. The molecule has 0 saturated carbocycles. The van der Waals surface area contributed by atoms with Gasteiger partial charge in [0.2, 0.25) is 0 Å². The highest BCUT2D eigenvalue weighted by Gasteiger charge is 2.27. The molecule has 0 atom stereocenters. The molecule has 0 saturated heterocycles. The van der Waals surface area contributed by atoms with E-state index in [0.29, 0.717) is 10.2 Å². The average molecular weight is 506 g/mol. The molecule has 0 aliphatic heterocycles. The van der Waals surface area contributed by atoms with Gasteiger partial charge in [0.15, 0.2) is 0 Å². The minimum Gasteiger partial charge on any atom is -0.271 e. The van der Waals surface area contributed by atoms with Crippen LogP contribution in [0.1, 0.15) is 16.0 Å². The number of halogens is 1. The van der Waals surface area contributed by atoms with E-state index in [0.717, 1.165) is 20.3 Å². The Morgan fingerprint density at radius 1 is 1.17 bits per heavy atom. The molecule has 0 fully saturated rings. The summed E-state index contributed by atoms with van der Waals surface area (Å²) in [6, 6.07) is 15.3. The number of thiophene rings is 1. The first-order valence-corrected chi connectivity index (χ1v) is 12.1. The van der Waals surface area contributed by atoms with Gasteiger partial charge in [-0.1, -0.05) is 39.7 Å². The van der Waals surface area contributed by atoms with Gasteiger partial charge in [-0.2, -0.15) is 5.10 Å². The molecular weight excluding hydrogens is 486 g/mol. The lowest BCUT2D eigenvalue weighted by atomic mass is 10.2. The molecule has 3 rings (SSSR count). The summed E-state index contributed by atoms with van der Waals surface area (Å²) in [7, 11) is -3.96. The zero-order valence-electron chi connectivity index (χ0n) is 16.4. The second-order valence-corrected chi connectivity index (χ2v) is 10.3. The summed E-state index contributed by atoms with van der Waals surface area (Å²) in [5, 5.41) is 5.89. The summed E-state index contributed by atoms with van der Waals surface area (Å²) in [6.07, 6.45) is 1.55. The molecule has 30 heavy (non-hydrogen) atoms. The van der Waals surface area contributed by atoms with Crippen molar-refractivity contribution in [2.45, 2.75) is 18.7 Å². The number of hydrogen-bond donors (Lipinski definition) is 1. The van der Waals surface area contributed by atoms with E-state index in [1.807, 2.05) is 25.3 Å². The van der Waals surface area contributed by atoms with Gasteiger partial charge in [-0.15, -0.1) is 11.3 Å². The molecule has 9 heteroatoms. The Hall–Kier alpha value is -2.49. The normalized spacial score (nSPS) is 11.6. The monoisotopic (exact) mass is 505 g/mol. The van der Waals surface area contributed by atoms with E-state index in [4.69, 9.17) is 0 Å². The van der Waals surface area contributed by atoms with Crippen LogP contribution < -0.4 is 9.73 Å². The van der Waals surface area contributed by atoms with Crippen molar-refractivity contribution in [3.8, 4) is 0 Å². The highest BCUT2D eigenvalue weighted by atomic mass is 79.9. The zero-order valence-corrected chi connectivity index (χ0v) is 19.6. The van der Waals surface area contributed by atoms with Crippen molar-refractivity contribution < 1.29 is 13.2 Å². The van der Waals surface area contributed by atoms with Crippen molar-refractivity contribution in [2.24, 2.45) is 5.10 Å².